The van der Waals surface area contributed by atoms with E-state index in [4.69, 9.17) is 4.74 Å². The van der Waals surface area contributed by atoms with Crippen molar-refractivity contribution < 1.29 is 4.74 Å². The van der Waals surface area contributed by atoms with Crippen molar-refractivity contribution >= 4 is 0 Å². The molecule has 0 saturated heterocycles. The summed E-state index contributed by atoms with van der Waals surface area (Å²) in [7, 11) is 0. The molecule has 0 amide bonds. The first-order chi connectivity index (χ1) is 6.90. The van der Waals surface area contributed by atoms with Gasteiger partial charge in [-0.2, -0.15) is 0 Å². The summed E-state index contributed by atoms with van der Waals surface area (Å²) in [6.07, 6.45) is 10.6. The summed E-state index contributed by atoms with van der Waals surface area (Å²) in [4.78, 5) is 0. The zero-order valence-electron chi connectivity index (χ0n) is 8.56. The van der Waals surface area contributed by atoms with Crippen LogP contribution in [0.3, 0.4) is 0 Å². The fourth-order valence-electron chi connectivity index (χ4n) is 4.08. The first kappa shape index (κ1) is 8.58. The fraction of sp³-hybridized carbons (Fsp3) is 0.692. The minimum Gasteiger partial charge on any atom is -0.502 e. The van der Waals surface area contributed by atoms with Gasteiger partial charge in [0, 0.05) is 0 Å². The average Bonchev–Trinajstić information content (AvgIpc) is 2.85. The van der Waals surface area contributed by atoms with Crippen LogP contribution in [0.1, 0.15) is 19.3 Å². The van der Waals surface area contributed by atoms with E-state index in [9.17, 15) is 0 Å². The summed E-state index contributed by atoms with van der Waals surface area (Å²) in [5.74, 6) is 4.63. The minimum atomic E-state index is 0.819. The highest BCUT2D eigenvalue weighted by atomic mass is 16.5. The standard InChI is InChI=1S/C13H18O/c1-2-14-8-10-6-9-7-13(10)12-5-3-4-11(9)12/h2-4,9-13H,1,5-8H2. The van der Waals surface area contributed by atoms with Crippen molar-refractivity contribution in [2.75, 3.05) is 6.61 Å². The van der Waals surface area contributed by atoms with Crippen LogP contribution in [0.2, 0.25) is 0 Å². The zero-order valence-corrected chi connectivity index (χ0v) is 8.56. The number of hydrogen-bond donors (Lipinski definition) is 0. The third-order valence-corrected chi connectivity index (χ3v) is 4.57. The highest BCUT2D eigenvalue weighted by Gasteiger charge is 2.52. The Morgan fingerprint density at radius 1 is 1.36 bits per heavy atom. The number of hydrogen-bond acceptors (Lipinski definition) is 1. The Balaban J connectivity index is 1.69. The van der Waals surface area contributed by atoms with E-state index >= 15 is 0 Å². The van der Waals surface area contributed by atoms with E-state index in [0.717, 1.165) is 36.2 Å². The Hall–Kier alpha value is -0.720. The number of allylic oxidation sites excluding steroid dienone is 2. The van der Waals surface area contributed by atoms with Gasteiger partial charge >= 0.3 is 0 Å². The third-order valence-electron chi connectivity index (χ3n) is 4.57. The molecule has 0 spiro atoms. The second-order valence-electron chi connectivity index (χ2n) is 5.06. The lowest BCUT2D eigenvalue weighted by Gasteiger charge is -2.30. The van der Waals surface area contributed by atoms with Crippen molar-refractivity contribution in [3.05, 3.63) is 25.0 Å². The molecular weight excluding hydrogens is 172 g/mol. The number of fused-ring (bicyclic) bond motifs is 5. The summed E-state index contributed by atoms with van der Waals surface area (Å²) in [5.41, 5.74) is 0. The van der Waals surface area contributed by atoms with Gasteiger partial charge in [0.05, 0.1) is 12.9 Å². The van der Waals surface area contributed by atoms with Gasteiger partial charge in [-0.05, 0) is 48.9 Å². The SMILES string of the molecule is C=COCC1CC2CC1C1CC=CC21. The molecule has 5 unspecified atom stereocenters. The Kier molecular flexibility index (Phi) is 1.93. The van der Waals surface area contributed by atoms with Gasteiger partial charge in [-0.25, -0.2) is 0 Å². The van der Waals surface area contributed by atoms with Crippen molar-refractivity contribution in [1.29, 1.82) is 0 Å². The third kappa shape index (κ3) is 1.08. The molecule has 2 saturated carbocycles. The van der Waals surface area contributed by atoms with E-state index in [0.29, 0.717) is 0 Å². The lowest BCUT2D eigenvalue weighted by atomic mass is 9.76. The van der Waals surface area contributed by atoms with Gasteiger partial charge < -0.3 is 4.74 Å². The molecule has 0 N–H and O–H groups in total. The summed E-state index contributed by atoms with van der Waals surface area (Å²) in [6.45, 7) is 4.53. The predicted octanol–water partition coefficient (Wildman–Crippen LogP) is 2.99. The Labute approximate surface area is 85.8 Å². The van der Waals surface area contributed by atoms with E-state index < -0.39 is 0 Å². The molecule has 5 atom stereocenters. The van der Waals surface area contributed by atoms with Gasteiger partial charge in [0.1, 0.15) is 0 Å². The summed E-state index contributed by atoms with van der Waals surface area (Å²) in [5, 5.41) is 0. The molecule has 3 aliphatic carbocycles. The van der Waals surface area contributed by atoms with Gasteiger partial charge in [0.2, 0.25) is 0 Å². The topological polar surface area (TPSA) is 9.23 Å². The van der Waals surface area contributed by atoms with Gasteiger partial charge in [0.25, 0.3) is 0 Å². The van der Waals surface area contributed by atoms with Gasteiger partial charge in [-0.3, -0.25) is 0 Å². The molecule has 0 radical (unpaired) electrons. The van der Waals surface area contributed by atoms with Crippen LogP contribution in [0.25, 0.3) is 0 Å². The number of rotatable bonds is 3. The molecule has 14 heavy (non-hydrogen) atoms. The first-order valence-corrected chi connectivity index (χ1v) is 5.79. The largest absolute Gasteiger partial charge is 0.502 e. The average molecular weight is 190 g/mol. The van der Waals surface area contributed by atoms with E-state index in [2.05, 4.69) is 18.7 Å². The second-order valence-corrected chi connectivity index (χ2v) is 5.06. The van der Waals surface area contributed by atoms with Crippen molar-refractivity contribution in [3.63, 3.8) is 0 Å². The zero-order chi connectivity index (χ0) is 9.54. The van der Waals surface area contributed by atoms with Crippen LogP contribution < -0.4 is 0 Å². The highest BCUT2D eigenvalue weighted by molar-refractivity contribution is 5.13. The monoisotopic (exact) mass is 190 g/mol. The molecule has 0 heterocycles. The maximum atomic E-state index is 5.36. The quantitative estimate of drug-likeness (QED) is 0.491. The molecule has 0 aliphatic heterocycles. The van der Waals surface area contributed by atoms with Crippen molar-refractivity contribution in [2.45, 2.75) is 19.3 Å². The fourth-order valence-corrected chi connectivity index (χ4v) is 4.08. The Morgan fingerprint density at radius 3 is 3.14 bits per heavy atom. The highest BCUT2D eigenvalue weighted by Crippen LogP contribution is 2.58. The van der Waals surface area contributed by atoms with Crippen LogP contribution in [-0.2, 0) is 4.74 Å². The summed E-state index contributed by atoms with van der Waals surface area (Å²) >= 11 is 0. The minimum absolute atomic E-state index is 0.819. The smallest absolute Gasteiger partial charge is 0.0903 e. The lowest BCUT2D eigenvalue weighted by molar-refractivity contribution is 0.115. The molecule has 1 heteroatoms. The molecule has 2 bridgehead atoms. The van der Waals surface area contributed by atoms with Crippen LogP contribution in [0.4, 0.5) is 0 Å². The molecule has 0 aromatic heterocycles. The maximum absolute atomic E-state index is 5.36. The molecule has 1 nitrogen and oxygen atoms in total. The second kappa shape index (κ2) is 3.15. The van der Waals surface area contributed by atoms with Crippen molar-refractivity contribution in [3.8, 4) is 0 Å². The molecule has 0 aromatic carbocycles. The van der Waals surface area contributed by atoms with Gasteiger partial charge in [-0.1, -0.05) is 18.7 Å². The van der Waals surface area contributed by atoms with Gasteiger partial charge in [0.15, 0.2) is 0 Å². The van der Waals surface area contributed by atoms with Crippen LogP contribution in [0.5, 0.6) is 0 Å². The normalized spacial score (nSPS) is 48.1. The first-order valence-electron chi connectivity index (χ1n) is 5.79. The summed E-state index contributed by atoms with van der Waals surface area (Å²) < 4.78 is 5.36. The van der Waals surface area contributed by atoms with Gasteiger partial charge in [-0.15, -0.1) is 0 Å². The van der Waals surface area contributed by atoms with Crippen LogP contribution in [-0.4, -0.2) is 6.61 Å². The predicted molar refractivity (Wildman–Crippen MR) is 56.6 cm³/mol. The van der Waals surface area contributed by atoms with E-state index in [1.807, 2.05) is 0 Å². The molecule has 0 aromatic rings. The van der Waals surface area contributed by atoms with Crippen molar-refractivity contribution in [1.82, 2.24) is 0 Å². The Morgan fingerprint density at radius 2 is 2.29 bits per heavy atom. The molecular formula is C13H18O. The molecule has 3 aliphatic rings. The molecule has 3 rings (SSSR count). The van der Waals surface area contributed by atoms with E-state index in [1.54, 1.807) is 6.26 Å². The van der Waals surface area contributed by atoms with E-state index in [1.165, 1.54) is 19.3 Å². The summed E-state index contributed by atoms with van der Waals surface area (Å²) in [6, 6.07) is 0. The Bertz CT molecular complexity index is 268. The van der Waals surface area contributed by atoms with Crippen molar-refractivity contribution in [2.24, 2.45) is 29.6 Å². The maximum Gasteiger partial charge on any atom is 0.0903 e. The van der Waals surface area contributed by atoms with Crippen LogP contribution in [0.15, 0.2) is 25.0 Å². The van der Waals surface area contributed by atoms with E-state index in [-0.39, 0.29) is 0 Å². The van der Waals surface area contributed by atoms with Crippen LogP contribution in [0, 0.1) is 29.6 Å². The molecule has 2 fully saturated rings. The molecule has 76 valence electrons. The lowest BCUT2D eigenvalue weighted by Crippen LogP contribution is -2.27. The van der Waals surface area contributed by atoms with Crippen LogP contribution >= 0.6 is 0 Å². The number of ether oxygens (including phenoxy) is 1.